The lowest BCUT2D eigenvalue weighted by molar-refractivity contribution is 0.0498. The number of aromatic nitrogens is 4. The first-order valence-corrected chi connectivity index (χ1v) is 5.46. The molecule has 7 nitrogen and oxygen atoms in total. The molecule has 0 aliphatic carbocycles. The van der Waals surface area contributed by atoms with Crippen LogP contribution in [0, 0.1) is 0 Å². The molecular formula is C10H13N5O2. The predicted octanol–water partition coefficient (Wildman–Crippen LogP) is 0.726. The highest BCUT2D eigenvalue weighted by Crippen LogP contribution is 2.28. The summed E-state index contributed by atoms with van der Waals surface area (Å²) in [4.78, 5) is 8.28. The Morgan fingerprint density at radius 2 is 2.41 bits per heavy atom. The molecule has 0 amide bonds. The molecule has 0 spiro atoms. The van der Waals surface area contributed by atoms with Gasteiger partial charge in [-0.05, 0) is 12.8 Å². The van der Waals surface area contributed by atoms with E-state index in [-0.39, 0.29) is 12.2 Å². The number of hydrogen-bond acceptors (Lipinski definition) is 6. The largest absolute Gasteiger partial charge is 0.467 e. The van der Waals surface area contributed by atoms with E-state index in [0.29, 0.717) is 11.5 Å². The SMILES string of the molecule is COc1nc(N)c2cnn(C3CCCO3)c2n1. The Kier molecular flexibility index (Phi) is 2.32. The van der Waals surface area contributed by atoms with Gasteiger partial charge in [-0.15, -0.1) is 0 Å². The third kappa shape index (κ3) is 1.59. The normalized spacial score (nSPS) is 19.9. The van der Waals surface area contributed by atoms with Crippen molar-refractivity contribution in [3.63, 3.8) is 0 Å². The fourth-order valence-electron chi connectivity index (χ4n) is 1.98. The molecule has 0 aromatic carbocycles. The molecule has 2 N–H and O–H groups in total. The Morgan fingerprint density at radius 3 is 3.12 bits per heavy atom. The molecule has 1 unspecified atom stereocenters. The van der Waals surface area contributed by atoms with E-state index in [1.165, 1.54) is 7.11 Å². The van der Waals surface area contributed by atoms with Crippen molar-refractivity contribution in [1.82, 2.24) is 19.7 Å². The fourth-order valence-corrected chi connectivity index (χ4v) is 1.98. The molecule has 1 fully saturated rings. The second-order valence-electron chi connectivity index (χ2n) is 3.89. The van der Waals surface area contributed by atoms with Crippen molar-refractivity contribution in [2.24, 2.45) is 0 Å². The third-order valence-electron chi connectivity index (χ3n) is 2.82. The number of nitrogen functional groups attached to an aromatic ring is 1. The Labute approximate surface area is 97.5 Å². The van der Waals surface area contributed by atoms with Crippen LogP contribution in [0.5, 0.6) is 6.01 Å². The highest BCUT2D eigenvalue weighted by molar-refractivity contribution is 5.85. The number of methoxy groups -OCH3 is 1. The van der Waals surface area contributed by atoms with E-state index < -0.39 is 0 Å². The quantitative estimate of drug-likeness (QED) is 0.825. The maximum atomic E-state index is 5.82. The van der Waals surface area contributed by atoms with Gasteiger partial charge < -0.3 is 15.2 Å². The van der Waals surface area contributed by atoms with Crippen LogP contribution in [0.15, 0.2) is 6.20 Å². The van der Waals surface area contributed by atoms with Crippen LogP contribution in [-0.4, -0.2) is 33.5 Å². The monoisotopic (exact) mass is 235 g/mol. The van der Waals surface area contributed by atoms with E-state index in [1.807, 2.05) is 0 Å². The first-order chi connectivity index (χ1) is 8.29. The second-order valence-corrected chi connectivity index (χ2v) is 3.89. The van der Waals surface area contributed by atoms with E-state index in [1.54, 1.807) is 10.9 Å². The van der Waals surface area contributed by atoms with Gasteiger partial charge in [-0.3, -0.25) is 0 Å². The van der Waals surface area contributed by atoms with Gasteiger partial charge in [0.15, 0.2) is 11.9 Å². The van der Waals surface area contributed by atoms with Crippen molar-refractivity contribution < 1.29 is 9.47 Å². The Hall–Kier alpha value is -1.89. The van der Waals surface area contributed by atoms with Crippen LogP contribution in [-0.2, 0) is 4.74 Å². The van der Waals surface area contributed by atoms with Gasteiger partial charge in [0.1, 0.15) is 5.82 Å². The molecule has 2 aromatic rings. The molecule has 90 valence electrons. The summed E-state index contributed by atoms with van der Waals surface area (Å²) < 4.78 is 12.3. The third-order valence-corrected chi connectivity index (χ3v) is 2.82. The topological polar surface area (TPSA) is 88.1 Å². The maximum Gasteiger partial charge on any atom is 0.320 e. The molecule has 1 aliphatic rings. The molecule has 1 aliphatic heterocycles. The van der Waals surface area contributed by atoms with Gasteiger partial charge in [0.2, 0.25) is 0 Å². The minimum atomic E-state index is -0.0634. The van der Waals surface area contributed by atoms with Crippen LogP contribution in [0.3, 0.4) is 0 Å². The summed E-state index contributed by atoms with van der Waals surface area (Å²) in [5.41, 5.74) is 6.47. The van der Waals surface area contributed by atoms with Gasteiger partial charge in [-0.1, -0.05) is 0 Å². The first-order valence-electron chi connectivity index (χ1n) is 5.46. The summed E-state index contributed by atoms with van der Waals surface area (Å²) in [6.45, 7) is 0.754. The molecule has 1 saturated heterocycles. The standard InChI is InChI=1S/C10H13N5O2/c1-16-10-13-8(11)6-5-12-15(9(6)14-10)7-3-2-4-17-7/h5,7H,2-4H2,1H3,(H2,11,13,14). The fraction of sp³-hybridized carbons (Fsp3) is 0.500. The molecular weight excluding hydrogens is 222 g/mol. The molecule has 1 atom stereocenters. The van der Waals surface area contributed by atoms with Gasteiger partial charge in [0.05, 0.1) is 18.7 Å². The highest BCUT2D eigenvalue weighted by Gasteiger charge is 2.22. The lowest BCUT2D eigenvalue weighted by Gasteiger charge is -2.10. The second kappa shape index (κ2) is 3.85. The molecule has 7 heteroatoms. The number of fused-ring (bicyclic) bond motifs is 1. The van der Waals surface area contributed by atoms with Crippen LogP contribution < -0.4 is 10.5 Å². The summed E-state index contributed by atoms with van der Waals surface area (Å²) in [7, 11) is 1.51. The number of hydrogen-bond donors (Lipinski definition) is 1. The molecule has 17 heavy (non-hydrogen) atoms. The molecule has 0 bridgehead atoms. The van der Waals surface area contributed by atoms with Gasteiger partial charge >= 0.3 is 6.01 Å². The van der Waals surface area contributed by atoms with E-state index in [0.717, 1.165) is 24.8 Å². The van der Waals surface area contributed by atoms with Crippen molar-refractivity contribution in [3.8, 4) is 6.01 Å². The van der Waals surface area contributed by atoms with Crippen molar-refractivity contribution in [2.45, 2.75) is 19.1 Å². The van der Waals surface area contributed by atoms with Crippen LogP contribution in [0.2, 0.25) is 0 Å². The lowest BCUT2D eigenvalue weighted by Crippen LogP contribution is -2.10. The zero-order valence-electron chi connectivity index (χ0n) is 9.46. The zero-order valence-corrected chi connectivity index (χ0v) is 9.46. The Balaban J connectivity index is 2.15. The van der Waals surface area contributed by atoms with Crippen LogP contribution in [0.1, 0.15) is 19.1 Å². The van der Waals surface area contributed by atoms with Gasteiger partial charge in [0, 0.05) is 6.61 Å². The van der Waals surface area contributed by atoms with Crippen LogP contribution in [0.4, 0.5) is 5.82 Å². The van der Waals surface area contributed by atoms with Crippen LogP contribution in [0.25, 0.3) is 11.0 Å². The summed E-state index contributed by atoms with van der Waals surface area (Å²) in [5, 5.41) is 4.99. The zero-order chi connectivity index (χ0) is 11.8. The molecule has 3 heterocycles. The van der Waals surface area contributed by atoms with E-state index in [4.69, 9.17) is 15.2 Å². The lowest BCUT2D eigenvalue weighted by atomic mass is 10.3. The van der Waals surface area contributed by atoms with Gasteiger partial charge in [0.25, 0.3) is 0 Å². The molecule has 2 aromatic heterocycles. The smallest absolute Gasteiger partial charge is 0.320 e. The Morgan fingerprint density at radius 1 is 1.53 bits per heavy atom. The maximum absolute atomic E-state index is 5.82. The minimum Gasteiger partial charge on any atom is -0.467 e. The van der Waals surface area contributed by atoms with E-state index >= 15 is 0 Å². The van der Waals surface area contributed by atoms with Gasteiger partial charge in [-0.25, -0.2) is 4.68 Å². The predicted molar refractivity (Wildman–Crippen MR) is 60.5 cm³/mol. The molecule has 0 saturated carbocycles. The summed E-state index contributed by atoms with van der Waals surface area (Å²) in [6, 6.07) is 0.245. The minimum absolute atomic E-state index is 0.0634. The summed E-state index contributed by atoms with van der Waals surface area (Å²) in [6.07, 6.45) is 3.56. The number of nitrogens with zero attached hydrogens (tertiary/aromatic N) is 4. The number of nitrogens with two attached hydrogens (primary N) is 1. The molecule has 0 radical (unpaired) electrons. The first kappa shape index (κ1) is 10.3. The van der Waals surface area contributed by atoms with Crippen molar-refractivity contribution in [3.05, 3.63) is 6.20 Å². The van der Waals surface area contributed by atoms with Crippen LogP contribution >= 0.6 is 0 Å². The number of rotatable bonds is 2. The van der Waals surface area contributed by atoms with Crippen molar-refractivity contribution in [1.29, 1.82) is 0 Å². The average Bonchev–Trinajstić information content (AvgIpc) is 2.96. The average molecular weight is 235 g/mol. The highest BCUT2D eigenvalue weighted by atomic mass is 16.5. The summed E-state index contributed by atoms with van der Waals surface area (Å²) in [5.74, 6) is 0.371. The van der Waals surface area contributed by atoms with E-state index in [9.17, 15) is 0 Å². The number of anilines is 1. The molecule has 3 rings (SSSR count). The van der Waals surface area contributed by atoms with Crippen molar-refractivity contribution in [2.75, 3.05) is 19.5 Å². The number of ether oxygens (including phenoxy) is 2. The summed E-state index contributed by atoms with van der Waals surface area (Å²) >= 11 is 0. The van der Waals surface area contributed by atoms with Crippen molar-refractivity contribution >= 4 is 16.9 Å². The van der Waals surface area contributed by atoms with E-state index in [2.05, 4.69) is 15.1 Å². The van der Waals surface area contributed by atoms with Gasteiger partial charge in [-0.2, -0.15) is 15.1 Å². The Bertz CT molecular complexity index is 547.